The summed E-state index contributed by atoms with van der Waals surface area (Å²) < 4.78 is 28.4. The quantitative estimate of drug-likeness (QED) is 0.843. The zero-order chi connectivity index (χ0) is 16.0. The minimum Gasteiger partial charge on any atom is -0.207 e. The zero-order valence-corrected chi connectivity index (χ0v) is 14.1. The van der Waals surface area contributed by atoms with Gasteiger partial charge in [-0.2, -0.15) is 0 Å². The molecule has 3 aliphatic rings. The summed E-state index contributed by atoms with van der Waals surface area (Å²) in [5.41, 5.74) is 0.238. The molecule has 0 aliphatic heterocycles. The smallest absolute Gasteiger partial charge is 0.207 e. The maximum Gasteiger partial charge on any atom is 0.240 e. The average molecular weight is 319 g/mol. The molecule has 0 heterocycles. The third kappa shape index (κ3) is 2.52. The molecule has 0 aromatic heterocycles. The molecule has 0 saturated heterocycles. The van der Waals surface area contributed by atoms with Crippen molar-refractivity contribution in [3.05, 3.63) is 43.0 Å². The van der Waals surface area contributed by atoms with Crippen LogP contribution in [0.25, 0.3) is 0 Å². The molecule has 1 aromatic rings. The standard InChI is InChI=1S/C18H25NO2S/c1-4-8-13-11-14-12-16(18(14,2)3)17(13)19-22(20,21)15-9-6-5-7-10-15/h4-7,9-10,13-14,16-17,19H,1,8,11-12H2,2-3H3/t13-,14-,16-,17+/m0/s1. The van der Waals surface area contributed by atoms with E-state index in [1.54, 1.807) is 24.3 Å². The molecule has 1 aromatic carbocycles. The van der Waals surface area contributed by atoms with E-state index in [1.807, 2.05) is 12.1 Å². The van der Waals surface area contributed by atoms with Crippen LogP contribution in [0.1, 0.15) is 33.1 Å². The normalized spacial score (nSPS) is 33.0. The molecule has 3 nitrogen and oxygen atoms in total. The van der Waals surface area contributed by atoms with Gasteiger partial charge >= 0.3 is 0 Å². The summed E-state index contributed by atoms with van der Waals surface area (Å²) in [6, 6.07) is 8.69. The van der Waals surface area contributed by atoms with Gasteiger partial charge in [-0.25, -0.2) is 13.1 Å². The second-order valence-corrected chi connectivity index (χ2v) is 9.05. The van der Waals surface area contributed by atoms with Crippen LogP contribution >= 0.6 is 0 Å². The van der Waals surface area contributed by atoms with E-state index >= 15 is 0 Å². The number of sulfonamides is 1. The van der Waals surface area contributed by atoms with Crippen LogP contribution in [0.4, 0.5) is 0 Å². The number of rotatable bonds is 5. The number of hydrogen-bond acceptors (Lipinski definition) is 2. The number of benzene rings is 1. The highest BCUT2D eigenvalue weighted by molar-refractivity contribution is 7.89. The van der Waals surface area contributed by atoms with Crippen molar-refractivity contribution in [3.8, 4) is 0 Å². The Kier molecular flexibility index (Phi) is 3.94. The first-order valence-corrected chi connectivity index (χ1v) is 9.53. The van der Waals surface area contributed by atoms with Crippen molar-refractivity contribution >= 4 is 10.0 Å². The topological polar surface area (TPSA) is 46.2 Å². The molecule has 120 valence electrons. The minimum atomic E-state index is -3.45. The van der Waals surface area contributed by atoms with Gasteiger partial charge in [0.05, 0.1) is 4.90 Å². The molecular formula is C18H25NO2S. The van der Waals surface area contributed by atoms with E-state index in [1.165, 1.54) is 0 Å². The predicted octanol–water partition coefficient (Wildman–Crippen LogP) is 3.59. The van der Waals surface area contributed by atoms with E-state index < -0.39 is 10.0 Å². The monoisotopic (exact) mass is 319 g/mol. The third-order valence-corrected chi connectivity index (χ3v) is 7.36. The highest BCUT2D eigenvalue weighted by Gasteiger charge is 2.58. The van der Waals surface area contributed by atoms with Gasteiger partial charge in [-0.1, -0.05) is 38.1 Å². The number of allylic oxidation sites excluding steroid dienone is 1. The molecule has 4 heteroatoms. The molecule has 0 unspecified atom stereocenters. The highest BCUT2D eigenvalue weighted by Crippen LogP contribution is 2.61. The first-order valence-electron chi connectivity index (χ1n) is 8.04. The molecule has 3 aliphatic carbocycles. The Morgan fingerprint density at radius 3 is 2.55 bits per heavy atom. The van der Waals surface area contributed by atoms with Gasteiger partial charge in [0.2, 0.25) is 10.0 Å². The van der Waals surface area contributed by atoms with Crippen molar-refractivity contribution in [2.75, 3.05) is 0 Å². The fraction of sp³-hybridized carbons (Fsp3) is 0.556. The molecule has 22 heavy (non-hydrogen) atoms. The minimum absolute atomic E-state index is 0.0169. The Bertz CT molecular complexity index is 651. The molecule has 2 bridgehead atoms. The van der Waals surface area contributed by atoms with Crippen molar-refractivity contribution in [3.63, 3.8) is 0 Å². The summed E-state index contributed by atoms with van der Waals surface area (Å²) in [4.78, 5) is 0.353. The Balaban J connectivity index is 1.86. The van der Waals surface area contributed by atoms with Crippen molar-refractivity contribution in [2.24, 2.45) is 23.2 Å². The van der Waals surface area contributed by atoms with Gasteiger partial charge in [-0.3, -0.25) is 0 Å². The molecule has 0 radical (unpaired) electrons. The van der Waals surface area contributed by atoms with Crippen LogP contribution in [0.5, 0.6) is 0 Å². The van der Waals surface area contributed by atoms with Crippen LogP contribution in [0, 0.1) is 23.2 Å². The largest absolute Gasteiger partial charge is 0.240 e. The molecule has 3 saturated carbocycles. The summed E-state index contributed by atoms with van der Waals surface area (Å²) in [5, 5.41) is 0. The highest BCUT2D eigenvalue weighted by atomic mass is 32.2. The van der Waals surface area contributed by atoms with Crippen molar-refractivity contribution in [1.82, 2.24) is 4.72 Å². The second-order valence-electron chi connectivity index (χ2n) is 7.34. The molecule has 1 N–H and O–H groups in total. The number of fused-ring (bicyclic) bond motifs is 2. The van der Waals surface area contributed by atoms with Gasteiger partial charge in [0.1, 0.15) is 0 Å². The van der Waals surface area contributed by atoms with Crippen molar-refractivity contribution < 1.29 is 8.42 Å². The van der Waals surface area contributed by atoms with Crippen LogP contribution in [-0.2, 0) is 10.0 Å². The Morgan fingerprint density at radius 1 is 1.27 bits per heavy atom. The number of nitrogens with one attached hydrogen (secondary N) is 1. The Hall–Kier alpha value is -1.13. The molecule has 4 atom stereocenters. The Morgan fingerprint density at radius 2 is 1.95 bits per heavy atom. The van der Waals surface area contributed by atoms with Crippen molar-refractivity contribution in [2.45, 2.75) is 44.0 Å². The summed E-state index contributed by atoms with van der Waals surface area (Å²) in [5.74, 6) is 1.52. The van der Waals surface area contributed by atoms with Gasteiger partial charge in [-0.05, 0) is 54.6 Å². The summed E-state index contributed by atoms with van der Waals surface area (Å²) in [6.07, 6.45) is 5.04. The fourth-order valence-corrected chi connectivity index (χ4v) is 5.75. The lowest BCUT2D eigenvalue weighted by molar-refractivity contribution is -0.108. The van der Waals surface area contributed by atoms with Gasteiger partial charge in [-0.15, -0.1) is 6.58 Å². The van der Waals surface area contributed by atoms with Crippen LogP contribution in [0.2, 0.25) is 0 Å². The van der Waals surface area contributed by atoms with Gasteiger partial charge in [0.25, 0.3) is 0 Å². The van der Waals surface area contributed by atoms with E-state index in [0.29, 0.717) is 16.7 Å². The van der Waals surface area contributed by atoms with Gasteiger partial charge < -0.3 is 0 Å². The summed E-state index contributed by atoms with van der Waals surface area (Å²) in [7, 11) is -3.45. The van der Waals surface area contributed by atoms with E-state index in [4.69, 9.17) is 0 Å². The first kappa shape index (κ1) is 15.8. The lowest BCUT2D eigenvalue weighted by Crippen LogP contribution is -2.63. The SMILES string of the molecule is C=CC[C@H]1C[C@H]2C[C@@H]([C@@H]1NS(=O)(=O)c1ccccc1)C2(C)C. The first-order chi connectivity index (χ1) is 10.4. The predicted molar refractivity (Wildman–Crippen MR) is 88.9 cm³/mol. The molecule has 4 rings (SSSR count). The van der Waals surface area contributed by atoms with E-state index in [9.17, 15) is 8.42 Å². The fourth-order valence-electron chi connectivity index (χ4n) is 4.39. The summed E-state index contributed by atoms with van der Waals surface area (Å²) in [6.45, 7) is 8.40. The number of hydrogen-bond donors (Lipinski definition) is 1. The van der Waals surface area contributed by atoms with E-state index in [-0.39, 0.29) is 11.5 Å². The molecule has 0 amide bonds. The van der Waals surface area contributed by atoms with E-state index in [0.717, 1.165) is 25.2 Å². The Labute approximate surface area is 133 Å². The van der Waals surface area contributed by atoms with Crippen molar-refractivity contribution in [1.29, 1.82) is 0 Å². The maximum atomic E-state index is 12.7. The van der Waals surface area contributed by atoms with Gasteiger partial charge in [0.15, 0.2) is 0 Å². The second kappa shape index (κ2) is 5.50. The lowest BCUT2D eigenvalue weighted by Gasteiger charge is -2.62. The van der Waals surface area contributed by atoms with Crippen LogP contribution in [0.15, 0.2) is 47.9 Å². The van der Waals surface area contributed by atoms with Crippen LogP contribution in [-0.4, -0.2) is 14.5 Å². The zero-order valence-electron chi connectivity index (χ0n) is 13.3. The van der Waals surface area contributed by atoms with E-state index in [2.05, 4.69) is 25.1 Å². The van der Waals surface area contributed by atoms with Crippen LogP contribution in [0.3, 0.4) is 0 Å². The molecule has 3 fully saturated rings. The summed E-state index contributed by atoms with van der Waals surface area (Å²) >= 11 is 0. The maximum absolute atomic E-state index is 12.7. The lowest BCUT2D eigenvalue weighted by atomic mass is 9.45. The van der Waals surface area contributed by atoms with Crippen LogP contribution < -0.4 is 4.72 Å². The molecular weight excluding hydrogens is 294 g/mol. The third-order valence-electron chi connectivity index (χ3n) is 5.89. The molecule has 0 spiro atoms. The average Bonchev–Trinajstić information content (AvgIpc) is 2.49. The van der Waals surface area contributed by atoms with Gasteiger partial charge in [0, 0.05) is 6.04 Å².